The number of hydrogen-bond donors (Lipinski definition) is 2. The van der Waals surface area contributed by atoms with Crippen LogP contribution >= 0.6 is 23.2 Å². The summed E-state index contributed by atoms with van der Waals surface area (Å²) in [6.07, 6.45) is 0.560. The summed E-state index contributed by atoms with van der Waals surface area (Å²) in [5.41, 5.74) is 1.94. The van der Waals surface area contributed by atoms with E-state index in [1.165, 1.54) is 28.8 Å². The van der Waals surface area contributed by atoms with Gasteiger partial charge in [0.05, 0.1) is 22.3 Å². The van der Waals surface area contributed by atoms with Crippen molar-refractivity contribution in [1.29, 1.82) is 5.26 Å². The average Bonchev–Trinajstić information content (AvgIpc) is 2.73. The second-order valence-electron chi connectivity index (χ2n) is 6.98. The highest BCUT2D eigenvalue weighted by Gasteiger charge is 2.16. The van der Waals surface area contributed by atoms with Gasteiger partial charge in [-0.2, -0.15) is 10.4 Å². The summed E-state index contributed by atoms with van der Waals surface area (Å²) in [6, 6.07) is 7.28. The van der Waals surface area contributed by atoms with Crippen LogP contribution in [0.4, 0.5) is 10.5 Å². The number of nitrogens with zero attached hydrogens (tertiary/aromatic N) is 3. The number of ether oxygens (including phenoxy) is 2. The predicted octanol–water partition coefficient (Wildman–Crippen LogP) is 4.17. The summed E-state index contributed by atoms with van der Waals surface area (Å²) in [4.78, 5) is 35.2. The first-order valence-electron chi connectivity index (χ1n) is 9.73. The zero-order chi connectivity index (χ0) is 24.5. The van der Waals surface area contributed by atoms with Crippen molar-refractivity contribution in [3.63, 3.8) is 0 Å². The number of hydrogen-bond acceptors (Lipinski definition) is 8. The molecule has 0 fully saturated rings. The minimum Gasteiger partial charge on any atom is -0.453 e. The molecule has 0 saturated carbocycles. The van der Waals surface area contributed by atoms with Gasteiger partial charge in [-0.25, -0.2) is 4.79 Å². The van der Waals surface area contributed by atoms with Crippen molar-refractivity contribution in [2.75, 3.05) is 12.0 Å². The molecule has 33 heavy (non-hydrogen) atoms. The zero-order valence-corrected chi connectivity index (χ0v) is 19.5. The fourth-order valence-electron chi connectivity index (χ4n) is 2.51. The highest BCUT2D eigenvalue weighted by Crippen LogP contribution is 2.38. The Morgan fingerprint density at radius 3 is 2.48 bits per heavy atom. The summed E-state index contributed by atoms with van der Waals surface area (Å²) in [6.45, 7) is 6.11. The van der Waals surface area contributed by atoms with Gasteiger partial charge >= 0.3 is 6.09 Å². The lowest BCUT2D eigenvalue weighted by atomic mass is 10.2. The lowest BCUT2D eigenvalue weighted by molar-refractivity contribution is -0.114. The Bertz CT molecular complexity index is 1150. The van der Waals surface area contributed by atoms with Gasteiger partial charge in [0.15, 0.2) is 5.75 Å². The van der Waals surface area contributed by atoms with Crippen LogP contribution in [0.15, 0.2) is 40.4 Å². The molecule has 1 aromatic heterocycles. The number of hydrazone groups is 1. The molecule has 0 radical (unpaired) electrons. The Morgan fingerprint density at radius 1 is 1.24 bits per heavy atom. The summed E-state index contributed by atoms with van der Waals surface area (Å²) < 4.78 is 11.9. The minimum atomic E-state index is -1.04. The lowest BCUT2D eigenvalue weighted by Crippen LogP contribution is -2.36. The standard InChI is InChI=1S/C21H21Cl2N5O5/c1-4-32-21(31)25-20(30)17(9-24)27-26-13-7-15(22)19(16(23)8-13)33-14-5-6-18(29)28(11-14)10-12(2)3/h5-8,11-12,26H,4,10H2,1-3H3,(H,25,30,31). The molecule has 0 saturated heterocycles. The van der Waals surface area contributed by atoms with E-state index in [2.05, 4.69) is 15.3 Å². The van der Waals surface area contributed by atoms with Crippen molar-refractivity contribution >= 4 is 46.6 Å². The van der Waals surface area contributed by atoms with Gasteiger partial charge in [-0.3, -0.25) is 20.3 Å². The van der Waals surface area contributed by atoms with Crippen LogP contribution in [0.5, 0.6) is 11.5 Å². The maximum Gasteiger partial charge on any atom is 0.414 e. The molecule has 0 unspecified atom stereocenters. The summed E-state index contributed by atoms with van der Waals surface area (Å²) in [7, 11) is 0. The van der Waals surface area contributed by atoms with E-state index in [0.29, 0.717) is 12.3 Å². The Labute approximate surface area is 199 Å². The summed E-state index contributed by atoms with van der Waals surface area (Å²) >= 11 is 12.6. The summed E-state index contributed by atoms with van der Waals surface area (Å²) in [5.74, 6) is -0.283. The van der Waals surface area contributed by atoms with Gasteiger partial charge < -0.3 is 14.0 Å². The van der Waals surface area contributed by atoms with Crippen LogP contribution in [-0.4, -0.2) is 28.9 Å². The van der Waals surface area contributed by atoms with Crippen LogP contribution in [0.25, 0.3) is 0 Å². The molecular weight excluding hydrogens is 473 g/mol. The third-order valence-electron chi connectivity index (χ3n) is 3.85. The molecule has 0 aliphatic heterocycles. The van der Waals surface area contributed by atoms with E-state index in [1.54, 1.807) is 19.2 Å². The monoisotopic (exact) mass is 493 g/mol. The van der Waals surface area contributed by atoms with Crippen LogP contribution < -0.4 is 21.0 Å². The first-order chi connectivity index (χ1) is 15.6. The van der Waals surface area contributed by atoms with Gasteiger partial charge in [0.25, 0.3) is 11.5 Å². The number of pyridine rings is 1. The first-order valence-corrected chi connectivity index (χ1v) is 10.5. The largest absolute Gasteiger partial charge is 0.453 e. The average molecular weight is 494 g/mol. The number of aromatic nitrogens is 1. The number of anilines is 1. The number of halogens is 2. The Kier molecular flexibility index (Phi) is 9.27. The van der Waals surface area contributed by atoms with E-state index >= 15 is 0 Å². The number of carbonyl (C=O) groups is 2. The maximum absolute atomic E-state index is 12.0. The molecule has 2 rings (SSSR count). The van der Waals surface area contributed by atoms with E-state index in [0.717, 1.165) is 0 Å². The fourth-order valence-corrected chi connectivity index (χ4v) is 3.08. The predicted molar refractivity (Wildman–Crippen MR) is 124 cm³/mol. The van der Waals surface area contributed by atoms with Crippen LogP contribution in [0, 0.1) is 17.2 Å². The Morgan fingerprint density at radius 2 is 1.91 bits per heavy atom. The van der Waals surface area contributed by atoms with Crippen LogP contribution in [0.3, 0.4) is 0 Å². The lowest BCUT2D eigenvalue weighted by Gasteiger charge is -2.14. The molecule has 2 aromatic rings. The van der Waals surface area contributed by atoms with Crippen molar-refractivity contribution in [3.8, 4) is 17.6 Å². The normalized spacial score (nSPS) is 11.0. The molecule has 0 spiro atoms. The van der Waals surface area contributed by atoms with E-state index in [1.807, 2.05) is 19.2 Å². The van der Waals surface area contributed by atoms with E-state index < -0.39 is 17.7 Å². The molecule has 174 valence electrons. The summed E-state index contributed by atoms with van der Waals surface area (Å²) in [5, 5.41) is 14.8. The molecule has 12 heteroatoms. The van der Waals surface area contributed by atoms with Crippen LogP contribution in [0.2, 0.25) is 10.0 Å². The molecule has 2 N–H and O–H groups in total. The van der Waals surface area contributed by atoms with E-state index in [-0.39, 0.29) is 39.6 Å². The molecule has 0 aliphatic rings. The van der Waals surface area contributed by atoms with Crippen molar-refractivity contribution in [2.24, 2.45) is 11.0 Å². The van der Waals surface area contributed by atoms with Crippen LogP contribution in [-0.2, 0) is 16.1 Å². The third kappa shape index (κ3) is 7.52. The SMILES string of the molecule is CCOC(=O)NC(=O)C(C#N)=NNc1cc(Cl)c(Oc2ccc(=O)n(CC(C)C)c2)c(Cl)c1. The number of amides is 2. The van der Waals surface area contributed by atoms with E-state index in [4.69, 9.17) is 33.2 Å². The van der Waals surface area contributed by atoms with Gasteiger partial charge in [0.1, 0.15) is 11.8 Å². The second kappa shape index (κ2) is 11.9. The van der Waals surface area contributed by atoms with E-state index in [9.17, 15) is 14.4 Å². The van der Waals surface area contributed by atoms with Crippen LogP contribution in [0.1, 0.15) is 20.8 Å². The van der Waals surface area contributed by atoms with Crippen molar-refractivity contribution < 1.29 is 19.1 Å². The third-order valence-corrected chi connectivity index (χ3v) is 4.41. The number of imide groups is 1. The van der Waals surface area contributed by atoms with Gasteiger partial charge in [-0.1, -0.05) is 37.0 Å². The van der Waals surface area contributed by atoms with Crippen molar-refractivity contribution in [3.05, 3.63) is 50.9 Å². The smallest absolute Gasteiger partial charge is 0.414 e. The maximum atomic E-state index is 12.0. The highest BCUT2D eigenvalue weighted by molar-refractivity contribution is 6.47. The molecule has 0 atom stereocenters. The number of benzene rings is 1. The number of nitrogens with one attached hydrogen (secondary N) is 2. The number of rotatable bonds is 8. The minimum absolute atomic E-state index is 0.0561. The first kappa shape index (κ1) is 25.7. The molecule has 2 amide bonds. The molecule has 0 bridgehead atoms. The molecular formula is C21H21Cl2N5O5. The quantitative estimate of drug-likeness (QED) is 0.416. The highest BCUT2D eigenvalue weighted by atomic mass is 35.5. The van der Waals surface area contributed by atoms with Crippen molar-refractivity contribution in [1.82, 2.24) is 9.88 Å². The molecule has 1 aromatic carbocycles. The van der Waals surface area contributed by atoms with Gasteiger partial charge in [0.2, 0.25) is 5.71 Å². The van der Waals surface area contributed by atoms with Gasteiger partial charge in [0, 0.05) is 18.8 Å². The van der Waals surface area contributed by atoms with Gasteiger partial charge in [-0.15, -0.1) is 0 Å². The number of nitriles is 1. The molecule has 10 nitrogen and oxygen atoms in total. The molecule has 1 heterocycles. The number of carbonyl (C=O) groups excluding carboxylic acids is 2. The molecule has 0 aliphatic carbocycles. The fraction of sp³-hybridized carbons (Fsp3) is 0.286. The second-order valence-corrected chi connectivity index (χ2v) is 7.79. The Hall–Kier alpha value is -3.55. The number of alkyl carbamates (subject to hydrolysis) is 1. The van der Waals surface area contributed by atoms with Gasteiger partial charge in [-0.05, 0) is 31.0 Å². The Balaban J connectivity index is 2.19. The topological polar surface area (TPSA) is 135 Å². The zero-order valence-electron chi connectivity index (χ0n) is 18.0. The van der Waals surface area contributed by atoms with Crippen molar-refractivity contribution in [2.45, 2.75) is 27.3 Å².